The van der Waals surface area contributed by atoms with E-state index in [9.17, 15) is 10.4 Å². The molecule has 0 aliphatic carbocycles. The van der Waals surface area contributed by atoms with E-state index < -0.39 is 5.41 Å². The van der Waals surface area contributed by atoms with Crippen molar-refractivity contribution in [3.63, 3.8) is 0 Å². The quantitative estimate of drug-likeness (QED) is 0.809. The van der Waals surface area contributed by atoms with Gasteiger partial charge in [0.05, 0.1) is 24.2 Å². The second-order valence-corrected chi connectivity index (χ2v) is 6.78. The van der Waals surface area contributed by atoms with E-state index in [1.165, 1.54) is 0 Å². The smallest absolute Gasteiger partial charge is 0.119 e. The molecule has 3 rings (SSSR count). The number of benzene rings is 1. The second kappa shape index (κ2) is 7.98. The summed E-state index contributed by atoms with van der Waals surface area (Å²) in [6, 6.07) is 10.4. The molecule has 0 radical (unpaired) electrons. The lowest BCUT2D eigenvalue weighted by molar-refractivity contribution is 0.0675. The van der Waals surface area contributed by atoms with Gasteiger partial charge in [-0.2, -0.15) is 5.26 Å². The minimum atomic E-state index is -0.409. The van der Waals surface area contributed by atoms with E-state index in [0.29, 0.717) is 19.8 Å². The minimum absolute atomic E-state index is 0.156. The van der Waals surface area contributed by atoms with Crippen molar-refractivity contribution in [1.82, 2.24) is 4.90 Å². The van der Waals surface area contributed by atoms with Crippen molar-refractivity contribution in [2.75, 3.05) is 39.5 Å². The summed E-state index contributed by atoms with van der Waals surface area (Å²) in [5.41, 5.74) is 0.652. The third-order valence-corrected chi connectivity index (χ3v) is 5.10. The molecule has 0 saturated carbocycles. The van der Waals surface area contributed by atoms with Gasteiger partial charge in [-0.05, 0) is 43.4 Å². The number of ether oxygens (including phenoxy) is 2. The molecule has 1 aromatic rings. The van der Waals surface area contributed by atoms with Crippen LogP contribution in [0.15, 0.2) is 24.3 Å². The highest BCUT2D eigenvalue weighted by molar-refractivity contribution is 5.37. The van der Waals surface area contributed by atoms with Gasteiger partial charge in [0, 0.05) is 32.8 Å². The van der Waals surface area contributed by atoms with Crippen LogP contribution in [0, 0.1) is 11.3 Å². The number of aliphatic hydroxyl groups is 1. The highest BCUT2D eigenvalue weighted by atomic mass is 16.5. The van der Waals surface area contributed by atoms with Gasteiger partial charge in [-0.25, -0.2) is 0 Å². The Morgan fingerprint density at radius 1 is 1.29 bits per heavy atom. The third-order valence-electron chi connectivity index (χ3n) is 5.10. The summed E-state index contributed by atoms with van der Waals surface area (Å²) in [4.78, 5) is 2.28. The molecule has 2 saturated heterocycles. The fourth-order valence-electron chi connectivity index (χ4n) is 3.55. The van der Waals surface area contributed by atoms with Gasteiger partial charge in [-0.1, -0.05) is 12.1 Å². The van der Waals surface area contributed by atoms with Crippen LogP contribution in [0.1, 0.15) is 31.2 Å². The van der Waals surface area contributed by atoms with E-state index in [2.05, 4.69) is 11.0 Å². The van der Waals surface area contributed by atoms with E-state index in [-0.39, 0.29) is 6.10 Å². The van der Waals surface area contributed by atoms with Crippen molar-refractivity contribution in [1.29, 1.82) is 5.26 Å². The van der Waals surface area contributed by atoms with Crippen molar-refractivity contribution in [2.24, 2.45) is 0 Å². The van der Waals surface area contributed by atoms with Gasteiger partial charge in [0.1, 0.15) is 5.75 Å². The molecule has 1 N–H and O–H groups in total. The number of aliphatic hydroxyl groups excluding tert-OH is 1. The van der Waals surface area contributed by atoms with Crippen LogP contribution in [-0.2, 0) is 10.2 Å². The largest absolute Gasteiger partial charge is 0.494 e. The first kappa shape index (κ1) is 17.2. The van der Waals surface area contributed by atoms with Crippen molar-refractivity contribution in [3.05, 3.63) is 29.8 Å². The first-order valence-electron chi connectivity index (χ1n) is 8.85. The summed E-state index contributed by atoms with van der Waals surface area (Å²) in [6.07, 6.45) is 3.19. The maximum atomic E-state index is 9.60. The lowest BCUT2D eigenvalue weighted by atomic mass is 9.75. The van der Waals surface area contributed by atoms with Crippen molar-refractivity contribution < 1.29 is 14.6 Å². The molecule has 0 unspecified atom stereocenters. The highest BCUT2D eigenvalue weighted by Gasteiger charge is 2.34. The van der Waals surface area contributed by atoms with Gasteiger partial charge < -0.3 is 19.5 Å². The summed E-state index contributed by atoms with van der Waals surface area (Å²) in [5, 5.41) is 19.1. The van der Waals surface area contributed by atoms with Crippen LogP contribution in [0.2, 0.25) is 0 Å². The van der Waals surface area contributed by atoms with Crippen LogP contribution in [0.5, 0.6) is 5.75 Å². The lowest BCUT2D eigenvalue weighted by Gasteiger charge is -2.31. The Hall–Kier alpha value is -1.61. The average Bonchev–Trinajstić information content (AvgIpc) is 3.05. The number of hydrogen-bond donors (Lipinski definition) is 1. The number of rotatable bonds is 6. The molecule has 0 aromatic heterocycles. The fourth-order valence-corrected chi connectivity index (χ4v) is 3.55. The summed E-state index contributed by atoms with van der Waals surface area (Å²) >= 11 is 0. The zero-order chi connectivity index (χ0) is 16.8. The summed E-state index contributed by atoms with van der Waals surface area (Å²) in [5.74, 6) is 0.848. The number of β-amino-alcohol motifs (C(OH)–C–C–N with tert-alkyl or cyclic N) is 1. The molecule has 1 aromatic carbocycles. The van der Waals surface area contributed by atoms with Crippen molar-refractivity contribution in [2.45, 2.75) is 37.2 Å². The molecule has 5 heteroatoms. The Morgan fingerprint density at radius 2 is 2.04 bits per heavy atom. The molecule has 5 nitrogen and oxygen atoms in total. The number of hydrogen-bond acceptors (Lipinski definition) is 5. The van der Waals surface area contributed by atoms with Crippen LogP contribution in [0.25, 0.3) is 0 Å². The lowest BCUT2D eigenvalue weighted by Crippen LogP contribution is -2.32. The fraction of sp³-hybridized carbons (Fsp3) is 0.632. The van der Waals surface area contributed by atoms with Crippen molar-refractivity contribution in [3.8, 4) is 11.8 Å². The van der Waals surface area contributed by atoms with Crippen LogP contribution in [0.4, 0.5) is 0 Å². The van der Waals surface area contributed by atoms with Crippen LogP contribution in [-0.4, -0.2) is 55.6 Å². The zero-order valence-electron chi connectivity index (χ0n) is 14.1. The van der Waals surface area contributed by atoms with Gasteiger partial charge in [-0.3, -0.25) is 0 Å². The molecule has 1 atom stereocenters. The summed E-state index contributed by atoms with van der Waals surface area (Å²) < 4.78 is 11.2. The van der Waals surface area contributed by atoms with E-state index in [0.717, 1.165) is 56.6 Å². The van der Waals surface area contributed by atoms with Crippen LogP contribution in [0.3, 0.4) is 0 Å². The average molecular weight is 330 g/mol. The van der Waals surface area contributed by atoms with E-state index in [4.69, 9.17) is 9.47 Å². The first-order chi connectivity index (χ1) is 11.7. The minimum Gasteiger partial charge on any atom is -0.494 e. The maximum absolute atomic E-state index is 9.60. The zero-order valence-corrected chi connectivity index (χ0v) is 14.1. The Balaban J connectivity index is 1.47. The van der Waals surface area contributed by atoms with E-state index >= 15 is 0 Å². The van der Waals surface area contributed by atoms with Gasteiger partial charge >= 0.3 is 0 Å². The highest BCUT2D eigenvalue weighted by Crippen LogP contribution is 2.34. The second-order valence-electron chi connectivity index (χ2n) is 6.78. The number of nitriles is 1. The summed E-state index contributed by atoms with van der Waals surface area (Å²) in [6.45, 7) is 4.70. The molecular formula is C19H26N2O3. The van der Waals surface area contributed by atoms with Gasteiger partial charge in [0.15, 0.2) is 0 Å². The Kier molecular flexibility index (Phi) is 5.72. The van der Waals surface area contributed by atoms with Gasteiger partial charge in [0.2, 0.25) is 0 Å². The number of nitrogens with zero attached hydrogens (tertiary/aromatic N) is 2. The monoisotopic (exact) mass is 330 g/mol. The van der Waals surface area contributed by atoms with Crippen molar-refractivity contribution >= 4 is 0 Å². The molecule has 2 aliphatic heterocycles. The molecule has 0 amide bonds. The van der Waals surface area contributed by atoms with Crippen LogP contribution >= 0.6 is 0 Å². The topological polar surface area (TPSA) is 65.7 Å². The van der Waals surface area contributed by atoms with Crippen LogP contribution < -0.4 is 4.74 Å². The SMILES string of the molecule is N#CC1(c2ccc(OCCCN3CC[C@@H](O)C3)cc2)CCOCC1. The van der Waals surface area contributed by atoms with Gasteiger partial charge in [-0.15, -0.1) is 0 Å². The Bertz CT molecular complexity index is 561. The van der Waals surface area contributed by atoms with E-state index in [1.54, 1.807) is 0 Å². The molecule has 0 spiro atoms. The normalized spacial score (nSPS) is 23.8. The van der Waals surface area contributed by atoms with E-state index in [1.807, 2.05) is 24.3 Å². The molecule has 130 valence electrons. The Morgan fingerprint density at radius 3 is 2.67 bits per heavy atom. The predicted octanol–water partition coefficient (Wildman–Crippen LogP) is 2.09. The van der Waals surface area contributed by atoms with Gasteiger partial charge in [0.25, 0.3) is 0 Å². The first-order valence-corrected chi connectivity index (χ1v) is 8.85. The number of likely N-dealkylation sites (tertiary alicyclic amines) is 1. The molecular weight excluding hydrogens is 304 g/mol. The summed E-state index contributed by atoms with van der Waals surface area (Å²) in [7, 11) is 0. The molecule has 2 fully saturated rings. The maximum Gasteiger partial charge on any atom is 0.119 e. The standard InChI is InChI=1S/C19H26N2O3/c20-15-19(7-12-23-13-8-19)16-2-4-18(5-3-16)24-11-1-9-21-10-6-17(22)14-21/h2-5,17,22H,1,6-14H2/t17-/m1/s1. The molecule has 0 bridgehead atoms. The molecule has 2 aliphatic rings. The molecule has 24 heavy (non-hydrogen) atoms. The Labute approximate surface area is 143 Å². The molecule has 2 heterocycles. The predicted molar refractivity (Wildman–Crippen MR) is 91.0 cm³/mol. The third kappa shape index (κ3) is 4.07.